The summed E-state index contributed by atoms with van der Waals surface area (Å²) in [5.74, 6) is 0. The van der Waals surface area contributed by atoms with Gasteiger partial charge in [0.05, 0.1) is 20.6 Å². The third-order valence-corrected chi connectivity index (χ3v) is 3.77. The zero-order valence-corrected chi connectivity index (χ0v) is 11.1. The fourth-order valence-corrected chi connectivity index (χ4v) is 2.98. The predicted molar refractivity (Wildman–Crippen MR) is 69.0 cm³/mol. The van der Waals surface area contributed by atoms with Crippen molar-refractivity contribution in [3.05, 3.63) is 27.7 Å². The summed E-state index contributed by atoms with van der Waals surface area (Å²) in [6.07, 6.45) is 0. The number of hydrogen-bond acceptors (Lipinski definition) is 3. The van der Waals surface area contributed by atoms with Crippen molar-refractivity contribution >= 4 is 22.9 Å². The third kappa shape index (κ3) is 2.00. The number of aryl methyl sites for hydroxylation is 1. The number of nitrogens with one attached hydrogen (secondary N) is 1. The lowest BCUT2D eigenvalue weighted by molar-refractivity contribution is 0.715. The highest BCUT2D eigenvalue weighted by Gasteiger charge is 2.14. The minimum atomic E-state index is 0.790. The number of thiophene rings is 1. The van der Waals surface area contributed by atoms with E-state index in [1.165, 1.54) is 10.4 Å². The summed E-state index contributed by atoms with van der Waals surface area (Å²) in [5, 5.41) is 7.63. The molecule has 1 N–H and O–H groups in total. The molecule has 2 aromatic heterocycles. The van der Waals surface area contributed by atoms with Gasteiger partial charge in [-0.1, -0.05) is 11.6 Å². The highest BCUT2D eigenvalue weighted by Crippen LogP contribution is 2.33. The van der Waals surface area contributed by atoms with E-state index in [-0.39, 0.29) is 0 Å². The Labute approximate surface area is 104 Å². The summed E-state index contributed by atoms with van der Waals surface area (Å²) in [6, 6.07) is 3.96. The minimum Gasteiger partial charge on any atom is -0.314 e. The van der Waals surface area contributed by atoms with E-state index in [1.807, 2.05) is 30.9 Å². The summed E-state index contributed by atoms with van der Waals surface area (Å²) in [4.78, 5) is 1.17. The Morgan fingerprint density at radius 3 is 2.81 bits per heavy atom. The SMILES string of the molecule is CNCc1nn(C)c(-c2ccc(Cl)s2)c1C. The van der Waals surface area contributed by atoms with Gasteiger partial charge in [0.1, 0.15) is 0 Å². The number of aromatic nitrogens is 2. The first-order chi connectivity index (χ1) is 7.63. The van der Waals surface area contributed by atoms with Crippen LogP contribution < -0.4 is 5.32 Å². The van der Waals surface area contributed by atoms with Crippen LogP contribution in [0.4, 0.5) is 0 Å². The molecule has 2 aromatic rings. The molecule has 16 heavy (non-hydrogen) atoms. The van der Waals surface area contributed by atoms with Gasteiger partial charge in [-0.05, 0) is 26.1 Å². The van der Waals surface area contributed by atoms with Gasteiger partial charge in [0.25, 0.3) is 0 Å². The summed E-state index contributed by atoms with van der Waals surface area (Å²) in [5.41, 5.74) is 3.46. The van der Waals surface area contributed by atoms with Crippen molar-refractivity contribution in [1.29, 1.82) is 0 Å². The van der Waals surface area contributed by atoms with E-state index < -0.39 is 0 Å². The van der Waals surface area contributed by atoms with Gasteiger partial charge >= 0.3 is 0 Å². The smallest absolute Gasteiger partial charge is 0.0935 e. The highest BCUT2D eigenvalue weighted by molar-refractivity contribution is 7.19. The Hall–Kier alpha value is -0.840. The van der Waals surface area contributed by atoms with Crippen LogP contribution in [0, 0.1) is 6.92 Å². The number of nitrogens with zero attached hydrogens (tertiary/aromatic N) is 2. The highest BCUT2D eigenvalue weighted by atomic mass is 35.5. The van der Waals surface area contributed by atoms with Crippen molar-refractivity contribution in [3.8, 4) is 10.6 Å². The molecule has 5 heteroatoms. The van der Waals surface area contributed by atoms with Gasteiger partial charge in [0.15, 0.2) is 0 Å². The van der Waals surface area contributed by atoms with Crippen molar-refractivity contribution in [2.75, 3.05) is 7.05 Å². The Morgan fingerprint density at radius 2 is 2.25 bits per heavy atom. The number of rotatable bonds is 3. The Bertz CT molecular complexity index is 501. The van der Waals surface area contributed by atoms with E-state index in [9.17, 15) is 0 Å². The molecule has 0 amide bonds. The molecule has 0 fully saturated rings. The molecule has 0 atom stereocenters. The van der Waals surface area contributed by atoms with Crippen LogP contribution in [-0.2, 0) is 13.6 Å². The van der Waals surface area contributed by atoms with Crippen molar-refractivity contribution < 1.29 is 0 Å². The van der Waals surface area contributed by atoms with E-state index >= 15 is 0 Å². The van der Waals surface area contributed by atoms with Crippen molar-refractivity contribution in [3.63, 3.8) is 0 Å². The quantitative estimate of drug-likeness (QED) is 0.914. The molecular weight excluding hydrogens is 242 g/mol. The van der Waals surface area contributed by atoms with E-state index in [4.69, 9.17) is 11.6 Å². The van der Waals surface area contributed by atoms with Crippen LogP contribution in [0.5, 0.6) is 0 Å². The second-order valence-electron chi connectivity index (χ2n) is 3.68. The number of hydrogen-bond donors (Lipinski definition) is 1. The first kappa shape index (κ1) is 11.6. The predicted octanol–water partition coefficient (Wildman–Crippen LogP) is 2.83. The fourth-order valence-electron chi connectivity index (χ4n) is 1.81. The standard InChI is InChI=1S/C11H14ClN3S/c1-7-8(6-13-2)14-15(3)11(7)9-4-5-10(12)16-9/h4-5,13H,6H2,1-3H3. The second-order valence-corrected chi connectivity index (χ2v) is 5.39. The third-order valence-electron chi connectivity index (χ3n) is 2.53. The van der Waals surface area contributed by atoms with Gasteiger partial charge in [-0.2, -0.15) is 5.10 Å². The summed E-state index contributed by atoms with van der Waals surface area (Å²) < 4.78 is 2.73. The Kier molecular flexibility index (Phi) is 3.33. The minimum absolute atomic E-state index is 0.790. The molecule has 0 spiro atoms. The molecule has 0 aromatic carbocycles. The molecule has 0 saturated carbocycles. The molecular formula is C11H14ClN3S. The van der Waals surface area contributed by atoms with Crippen molar-refractivity contribution in [1.82, 2.24) is 15.1 Å². The largest absolute Gasteiger partial charge is 0.314 e. The van der Waals surface area contributed by atoms with E-state index in [1.54, 1.807) is 11.3 Å². The first-order valence-electron chi connectivity index (χ1n) is 5.06. The summed E-state index contributed by atoms with van der Waals surface area (Å²) in [6.45, 7) is 2.89. The zero-order chi connectivity index (χ0) is 11.7. The molecule has 0 aliphatic carbocycles. The van der Waals surface area contributed by atoms with E-state index in [2.05, 4.69) is 17.3 Å². The maximum atomic E-state index is 5.96. The maximum Gasteiger partial charge on any atom is 0.0935 e. The van der Waals surface area contributed by atoms with Crippen LogP contribution in [0.25, 0.3) is 10.6 Å². The van der Waals surface area contributed by atoms with Gasteiger partial charge in [0, 0.05) is 19.2 Å². The molecule has 0 unspecified atom stereocenters. The zero-order valence-electron chi connectivity index (χ0n) is 9.54. The Morgan fingerprint density at radius 1 is 1.50 bits per heavy atom. The second kappa shape index (κ2) is 4.57. The Balaban J connectivity index is 2.48. The van der Waals surface area contributed by atoms with E-state index in [0.29, 0.717) is 0 Å². The van der Waals surface area contributed by atoms with Crippen LogP contribution in [0.1, 0.15) is 11.3 Å². The van der Waals surface area contributed by atoms with E-state index in [0.717, 1.165) is 22.3 Å². The normalized spacial score (nSPS) is 11.0. The molecule has 3 nitrogen and oxygen atoms in total. The lowest BCUT2D eigenvalue weighted by Crippen LogP contribution is -2.06. The van der Waals surface area contributed by atoms with Gasteiger partial charge in [-0.3, -0.25) is 4.68 Å². The van der Waals surface area contributed by atoms with Crippen molar-refractivity contribution in [2.24, 2.45) is 7.05 Å². The van der Waals surface area contributed by atoms with Crippen molar-refractivity contribution in [2.45, 2.75) is 13.5 Å². The summed E-state index contributed by atoms with van der Waals surface area (Å²) in [7, 11) is 3.89. The average molecular weight is 256 g/mol. The maximum absolute atomic E-state index is 5.96. The molecule has 0 saturated heterocycles. The molecule has 0 aliphatic heterocycles. The molecule has 86 valence electrons. The van der Waals surface area contributed by atoms with Gasteiger partial charge < -0.3 is 5.32 Å². The molecule has 0 aliphatic rings. The monoisotopic (exact) mass is 255 g/mol. The van der Waals surface area contributed by atoms with Crippen LogP contribution in [0.3, 0.4) is 0 Å². The molecule has 0 radical (unpaired) electrons. The van der Waals surface area contributed by atoms with Crippen LogP contribution in [0.15, 0.2) is 12.1 Å². The summed E-state index contributed by atoms with van der Waals surface area (Å²) >= 11 is 7.54. The van der Waals surface area contributed by atoms with Crippen LogP contribution >= 0.6 is 22.9 Å². The lowest BCUT2D eigenvalue weighted by atomic mass is 10.2. The average Bonchev–Trinajstić information content (AvgIpc) is 2.74. The number of halogens is 1. The lowest BCUT2D eigenvalue weighted by Gasteiger charge is -1.99. The molecule has 2 heterocycles. The van der Waals surface area contributed by atoms with Crippen LogP contribution in [0.2, 0.25) is 4.34 Å². The fraction of sp³-hybridized carbons (Fsp3) is 0.364. The van der Waals surface area contributed by atoms with Gasteiger partial charge in [-0.25, -0.2) is 0 Å². The molecule has 2 rings (SSSR count). The topological polar surface area (TPSA) is 29.9 Å². The first-order valence-corrected chi connectivity index (χ1v) is 6.25. The van der Waals surface area contributed by atoms with Gasteiger partial charge in [-0.15, -0.1) is 11.3 Å². The molecule has 0 bridgehead atoms. The van der Waals surface area contributed by atoms with Crippen LogP contribution in [-0.4, -0.2) is 16.8 Å². The van der Waals surface area contributed by atoms with Gasteiger partial charge in [0.2, 0.25) is 0 Å².